The zero-order chi connectivity index (χ0) is 16.9. The number of nitrogens with one attached hydrogen (secondary N) is 1. The van der Waals surface area contributed by atoms with E-state index in [1.165, 1.54) is 19.4 Å². The highest BCUT2D eigenvalue weighted by molar-refractivity contribution is 7.91. The summed E-state index contributed by atoms with van der Waals surface area (Å²) in [6.07, 6.45) is 1.32. The van der Waals surface area contributed by atoms with Crippen LogP contribution in [0.5, 0.6) is 11.5 Å². The first kappa shape index (κ1) is 17.2. The van der Waals surface area contributed by atoms with E-state index in [4.69, 9.17) is 4.74 Å². The Labute approximate surface area is 134 Å². The minimum Gasteiger partial charge on any atom is -0.507 e. The second-order valence-corrected chi connectivity index (χ2v) is 7.45. The molecule has 0 atom stereocenters. The number of hydrogen-bond donors (Lipinski definition) is 2. The molecule has 2 N–H and O–H groups in total. The van der Waals surface area contributed by atoms with Gasteiger partial charge in [0.15, 0.2) is 9.84 Å². The minimum atomic E-state index is -2.96. The van der Waals surface area contributed by atoms with E-state index in [1.54, 1.807) is 17.0 Å². The Morgan fingerprint density at radius 3 is 2.78 bits per heavy atom. The number of ether oxygens (including phenoxy) is 1. The molecule has 0 spiro atoms. The molecule has 2 rings (SSSR count). The number of phenols is 1. The van der Waals surface area contributed by atoms with Crippen LogP contribution in [-0.2, 0) is 14.6 Å². The molecule has 8 nitrogen and oxygen atoms in total. The lowest BCUT2D eigenvalue weighted by Gasteiger charge is -2.25. The van der Waals surface area contributed by atoms with Crippen molar-refractivity contribution in [3.8, 4) is 11.5 Å². The number of hydrazone groups is 1. The first-order valence-corrected chi connectivity index (χ1v) is 8.83. The molecule has 126 valence electrons. The van der Waals surface area contributed by atoms with Crippen LogP contribution >= 0.6 is 0 Å². The molecule has 0 aromatic heterocycles. The van der Waals surface area contributed by atoms with Crippen molar-refractivity contribution in [3.05, 3.63) is 23.8 Å². The number of hydrogen-bond acceptors (Lipinski definition) is 7. The summed E-state index contributed by atoms with van der Waals surface area (Å²) >= 11 is 0. The Hall–Kier alpha value is -2.13. The third-order valence-corrected chi connectivity index (χ3v) is 5.04. The van der Waals surface area contributed by atoms with Crippen LogP contribution in [-0.4, -0.2) is 68.8 Å². The van der Waals surface area contributed by atoms with Crippen molar-refractivity contribution in [2.24, 2.45) is 5.10 Å². The molecule has 0 radical (unpaired) electrons. The number of sulfone groups is 1. The van der Waals surface area contributed by atoms with Crippen molar-refractivity contribution in [1.82, 2.24) is 10.3 Å². The predicted octanol–water partition coefficient (Wildman–Crippen LogP) is -0.419. The number of nitrogens with zero attached hydrogens (tertiary/aromatic N) is 2. The molecule has 0 bridgehead atoms. The van der Waals surface area contributed by atoms with Crippen molar-refractivity contribution in [2.45, 2.75) is 0 Å². The Balaban J connectivity index is 1.85. The SMILES string of the molecule is COc1ccc(O)c(/C=N\NC(=O)CN2CCS(=O)(=O)CC2)c1. The maximum absolute atomic E-state index is 11.8. The lowest BCUT2D eigenvalue weighted by molar-refractivity contribution is -0.122. The van der Waals surface area contributed by atoms with Crippen LogP contribution in [0.3, 0.4) is 0 Å². The zero-order valence-corrected chi connectivity index (χ0v) is 13.5. The molecule has 1 fully saturated rings. The van der Waals surface area contributed by atoms with E-state index in [-0.39, 0.29) is 29.7 Å². The van der Waals surface area contributed by atoms with Crippen LogP contribution in [0.1, 0.15) is 5.56 Å². The van der Waals surface area contributed by atoms with E-state index in [2.05, 4.69) is 10.5 Å². The molecule has 1 saturated heterocycles. The summed E-state index contributed by atoms with van der Waals surface area (Å²) in [5, 5.41) is 13.5. The van der Waals surface area contributed by atoms with Gasteiger partial charge < -0.3 is 9.84 Å². The van der Waals surface area contributed by atoms with Gasteiger partial charge in [-0.25, -0.2) is 13.8 Å². The number of amides is 1. The molecule has 1 amide bonds. The number of rotatable bonds is 5. The maximum Gasteiger partial charge on any atom is 0.254 e. The topological polar surface area (TPSA) is 108 Å². The maximum atomic E-state index is 11.8. The van der Waals surface area contributed by atoms with Crippen LogP contribution in [0.2, 0.25) is 0 Å². The van der Waals surface area contributed by atoms with Gasteiger partial charge in [-0.2, -0.15) is 5.10 Å². The molecule has 1 aromatic carbocycles. The van der Waals surface area contributed by atoms with Crippen LogP contribution < -0.4 is 10.2 Å². The minimum absolute atomic E-state index is 0.0186. The standard InChI is InChI=1S/C14H19N3O5S/c1-22-12-2-3-13(18)11(8-12)9-15-16-14(19)10-17-4-6-23(20,21)7-5-17/h2-3,8-9,18H,4-7,10H2,1H3,(H,16,19)/b15-9-. The number of methoxy groups -OCH3 is 1. The van der Waals surface area contributed by atoms with E-state index in [1.807, 2.05) is 0 Å². The second kappa shape index (κ2) is 7.42. The molecule has 1 aliphatic heterocycles. The molecule has 1 aliphatic rings. The third kappa shape index (κ3) is 5.22. The molecule has 0 saturated carbocycles. The Kier molecular flexibility index (Phi) is 5.56. The summed E-state index contributed by atoms with van der Waals surface area (Å²) in [6.45, 7) is 0.767. The summed E-state index contributed by atoms with van der Waals surface area (Å²) in [4.78, 5) is 13.5. The molecule has 23 heavy (non-hydrogen) atoms. The number of carbonyl (C=O) groups is 1. The lowest BCUT2D eigenvalue weighted by atomic mass is 10.2. The van der Waals surface area contributed by atoms with E-state index < -0.39 is 9.84 Å². The molecule has 1 heterocycles. The van der Waals surface area contributed by atoms with Crippen LogP contribution in [0.25, 0.3) is 0 Å². The number of benzene rings is 1. The lowest BCUT2D eigenvalue weighted by Crippen LogP contribution is -2.44. The fraction of sp³-hybridized carbons (Fsp3) is 0.429. The van der Waals surface area contributed by atoms with Gasteiger partial charge in [-0.3, -0.25) is 9.69 Å². The van der Waals surface area contributed by atoms with Gasteiger partial charge in [-0.1, -0.05) is 0 Å². The van der Waals surface area contributed by atoms with Gasteiger partial charge in [-0.15, -0.1) is 0 Å². The highest BCUT2D eigenvalue weighted by atomic mass is 32.2. The van der Waals surface area contributed by atoms with E-state index in [0.717, 1.165) is 0 Å². The van der Waals surface area contributed by atoms with E-state index >= 15 is 0 Å². The molecule has 0 unspecified atom stereocenters. The fourth-order valence-electron chi connectivity index (χ4n) is 2.08. The normalized spacial score (nSPS) is 18.0. The highest BCUT2D eigenvalue weighted by Crippen LogP contribution is 2.20. The fourth-order valence-corrected chi connectivity index (χ4v) is 3.36. The van der Waals surface area contributed by atoms with Gasteiger partial charge in [0.1, 0.15) is 11.5 Å². The quantitative estimate of drug-likeness (QED) is 0.556. The molecule has 1 aromatic rings. The molecule has 0 aliphatic carbocycles. The van der Waals surface area contributed by atoms with Gasteiger partial charge in [0.25, 0.3) is 5.91 Å². The Morgan fingerprint density at radius 1 is 1.43 bits per heavy atom. The zero-order valence-electron chi connectivity index (χ0n) is 12.7. The van der Waals surface area contributed by atoms with E-state index in [0.29, 0.717) is 24.4 Å². The van der Waals surface area contributed by atoms with Crippen molar-refractivity contribution in [1.29, 1.82) is 0 Å². The molecular formula is C14H19N3O5S. The van der Waals surface area contributed by atoms with Crippen molar-refractivity contribution >= 4 is 22.0 Å². The summed E-state index contributed by atoms with van der Waals surface area (Å²) in [7, 11) is -1.45. The predicted molar refractivity (Wildman–Crippen MR) is 85.5 cm³/mol. The average molecular weight is 341 g/mol. The Bertz CT molecular complexity index is 688. The smallest absolute Gasteiger partial charge is 0.254 e. The van der Waals surface area contributed by atoms with Gasteiger partial charge in [0.2, 0.25) is 0 Å². The second-order valence-electron chi connectivity index (χ2n) is 5.15. The van der Waals surface area contributed by atoms with Gasteiger partial charge in [-0.05, 0) is 18.2 Å². The molecular weight excluding hydrogens is 322 g/mol. The highest BCUT2D eigenvalue weighted by Gasteiger charge is 2.22. The van der Waals surface area contributed by atoms with Gasteiger partial charge in [0, 0.05) is 18.7 Å². The van der Waals surface area contributed by atoms with Crippen molar-refractivity contribution in [3.63, 3.8) is 0 Å². The summed E-state index contributed by atoms with van der Waals surface area (Å²) < 4.78 is 27.7. The van der Waals surface area contributed by atoms with Gasteiger partial charge >= 0.3 is 0 Å². The summed E-state index contributed by atoms with van der Waals surface area (Å²) in [5.41, 5.74) is 2.76. The summed E-state index contributed by atoms with van der Waals surface area (Å²) in [6, 6.07) is 4.66. The van der Waals surface area contributed by atoms with Crippen LogP contribution in [0, 0.1) is 0 Å². The largest absolute Gasteiger partial charge is 0.507 e. The van der Waals surface area contributed by atoms with Crippen molar-refractivity contribution < 1.29 is 23.1 Å². The first-order chi connectivity index (χ1) is 10.9. The van der Waals surface area contributed by atoms with Crippen LogP contribution in [0.4, 0.5) is 0 Å². The average Bonchev–Trinajstić information content (AvgIpc) is 2.51. The van der Waals surface area contributed by atoms with Gasteiger partial charge in [0.05, 0.1) is 31.4 Å². The number of aromatic hydroxyl groups is 1. The number of carbonyl (C=O) groups excluding carboxylic acids is 1. The summed E-state index contributed by atoms with van der Waals surface area (Å²) in [5.74, 6) is 0.376. The third-order valence-electron chi connectivity index (χ3n) is 3.43. The first-order valence-electron chi connectivity index (χ1n) is 7.01. The number of phenolic OH excluding ortho intramolecular Hbond substituents is 1. The monoisotopic (exact) mass is 341 g/mol. The molecule has 9 heteroatoms. The Morgan fingerprint density at radius 2 is 2.13 bits per heavy atom. The van der Waals surface area contributed by atoms with Crippen molar-refractivity contribution in [2.75, 3.05) is 38.2 Å². The van der Waals surface area contributed by atoms with E-state index in [9.17, 15) is 18.3 Å². The van der Waals surface area contributed by atoms with Crippen LogP contribution in [0.15, 0.2) is 23.3 Å².